The Hall–Kier alpha value is -1.26. The second-order valence-corrected chi connectivity index (χ2v) is 5.06. The van der Waals surface area contributed by atoms with Gasteiger partial charge in [0.05, 0.1) is 12.6 Å². The average molecular weight is 315 g/mol. The summed E-state index contributed by atoms with van der Waals surface area (Å²) in [4.78, 5) is 10.9. The maximum atomic E-state index is 10.9. The Morgan fingerprint density at radius 2 is 1.90 bits per heavy atom. The Bertz CT molecular complexity index is 396. The fourth-order valence-corrected chi connectivity index (χ4v) is 1.79. The van der Waals surface area contributed by atoms with Crippen molar-refractivity contribution in [3.05, 3.63) is 29.8 Å². The van der Waals surface area contributed by atoms with Crippen molar-refractivity contribution in [2.75, 3.05) is 6.61 Å². The van der Waals surface area contributed by atoms with Gasteiger partial charge in [-0.2, -0.15) is 0 Å². The number of amides is 1. The third-order valence-electron chi connectivity index (χ3n) is 3.23. The number of carbonyl (C=O) groups is 1. The first-order valence-corrected chi connectivity index (χ1v) is 7.38. The van der Waals surface area contributed by atoms with Crippen LogP contribution in [0.3, 0.4) is 0 Å². The number of unbranched alkanes of at least 4 members (excludes halogenated alkanes) is 3. The molecule has 0 aliphatic carbocycles. The topological polar surface area (TPSA) is 64.3 Å². The van der Waals surface area contributed by atoms with E-state index in [1.807, 2.05) is 24.3 Å². The molecule has 0 saturated heterocycles. The number of nitrogens with one attached hydrogen (secondary N) is 1. The molecule has 0 spiro atoms. The maximum Gasteiger partial charge on any atom is 0.234 e. The van der Waals surface area contributed by atoms with E-state index < -0.39 is 0 Å². The minimum absolute atomic E-state index is 0. The lowest BCUT2D eigenvalue weighted by Gasteiger charge is -2.11. The van der Waals surface area contributed by atoms with Crippen LogP contribution < -0.4 is 15.8 Å². The van der Waals surface area contributed by atoms with Crippen molar-refractivity contribution in [1.29, 1.82) is 0 Å². The van der Waals surface area contributed by atoms with Gasteiger partial charge in [-0.3, -0.25) is 4.79 Å². The highest BCUT2D eigenvalue weighted by molar-refractivity contribution is 5.85. The number of nitrogens with two attached hydrogens (primary N) is 1. The maximum absolute atomic E-state index is 10.9. The predicted molar refractivity (Wildman–Crippen MR) is 88.8 cm³/mol. The molecule has 0 heterocycles. The lowest BCUT2D eigenvalue weighted by molar-refractivity contribution is -0.119. The molecule has 120 valence electrons. The number of benzene rings is 1. The van der Waals surface area contributed by atoms with E-state index in [9.17, 15) is 4.79 Å². The molecule has 1 unspecified atom stereocenters. The molecule has 0 saturated carbocycles. The normalized spacial score (nSPS) is 11.5. The summed E-state index contributed by atoms with van der Waals surface area (Å²) < 4.78 is 5.68. The highest BCUT2D eigenvalue weighted by Gasteiger charge is 2.06. The molecule has 0 radical (unpaired) electrons. The molecule has 4 nitrogen and oxygen atoms in total. The molecular weight excluding hydrogens is 288 g/mol. The molecule has 0 aliphatic heterocycles. The Balaban J connectivity index is 0.00000400. The summed E-state index contributed by atoms with van der Waals surface area (Å²) >= 11 is 0. The van der Waals surface area contributed by atoms with Gasteiger partial charge in [0.2, 0.25) is 5.91 Å². The van der Waals surface area contributed by atoms with Crippen LogP contribution in [0, 0.1) is 0 Å². The summed E-state index contributed by atoms with van der Waals surface area (Å²) in [7, 11) is 0. The summed E-state index contributed by atoms with van der Waals surface area (Å²) in [5.41, 5.74) is 6.30. The molecule has 21 heavy (non-hydrogen) atoms. The first kappa shape index (κ1) is 19.7. The SMILES string of the molecule is CCCCCCOc1ccc(CNC(C)C(N)=O)cc1.Cl. The number of hydrogen-bond acceptors (Lipinski definition) is 3. The van der Waals surface area contributed by atoms with Crippen LogP contribution in [-0.4, -0.2) is 18.6 Å². The van der Waals surface area contributed by atoms with Crippen molar-refractivity contribution in [2.24, 2.45) is 5.73 Å². The quantitative estimate of drug-likeness (QED) is 0.652. The molecule has 0 aromatic heterocycles. The molecule has 1 aromatic carbocycles. The van der Waals surface area contributed by atoms with E-state index in [2.05, 4.69) is 12.2 Å². The number of primary amides is 1. The Labute approximate surface area is 133 Å². The van der Waals surface area contributed by atoms with E-state index in [1.165, 1.54) is 19.3 Å². The van der Waals surface area contributed by atoms with E-state index in [0.29, 0.717) is 6.54 Å². The number of rotatable bonds is 10. The van der Waals surface area contributed by atoms with Gasteiger partial charge in [0.15, 0.2) is 0 Å². The minimum Gasteiger partial charge on any atom is -0.494 e. The Morgan fingerprint density at radius 3 is 2.48 bits per heavy atom. The zero-order chi connectivity index (χ0) is 14.8. The molecule has 1 aromatic rings. The second-order valence-electron chi connectivity index (χ2n) is 5.06. The van der Waals surface area contributed by atoms with Gasteiger partial charge in [0.1, 0.15) is 5.75 Å². The third kappa shape index (κ3) is 8.58. The van der Waals surface area contributed by atoms with Crippen LogP contribution in [0.1, 0.15) is 45.1 Å². The van der Waals surface area contributed by atoms with Crippen molar-refractivity contribution in [2.45, 2.75) is 52.1 Å². The van der Waals surface area contributed by atoms with Crippen LogP contribution in [0.15, 0.2) is 24.3 Å². The van der Waals surface area contributed by atoms with Crippen LogP contribution in [0.25, 0.3) is 0 Å². The monoisotopic (exact) mass is 314 g/mol. The van der Waals surface area contributed by atoms with E-state index in [4.69, 9.17) is 10.5 Å². The van der Waals surface area contributed by atoms with Crippen molar-refractivity contribution in [1.82, 2.24) is 5.32 Å². The van der Waals surface area contributed by atoms with Crippen LogP contribution in [0.5, 0.6) is 5.75 Å². The zero-order valence-electron chi connectivity index (χ0n) is 12.9. The van der Waals surface area contributed by atoms with Gasteiger partial charge in [-0.25, -0.2) is 0 Å². The standard InChI is InChI=1S/C16H26N2O2.ClH/c1-3-4-5-6-11-20-15-9-7-14(8-10-15)12-18-13(2)16(17)19;/h7-10,13,18H,3-6,11-12H2,1-2H3,(H2,17,19);1H. The molecule has 0 fully saturated rings. The Kier molecular flexibility index (Phi) is 10.7. The molecular formula is C16H27ClN2O2. The molecule has 1 amide bonds. The van der Waals surface area contributed by atoms with Crippen molar-refractivity contribution >= 4 is 18.3 Å². The van der Waals surface area contributed by atoms with Crippen molar-refractivity contribution in [3.63, 3.8) is 0 Å². The van der Waals surface area contributed by atoms with E-state index >= 15 is 0 Å². The first-order chi connectivity index (χ1) is 9.63. The highest BCUT2D eigenvalue weighted by Crippen LogP contribution is 2.13. The minimum atomic E-state index is -0.336. The summed E-state index contributed by atoms with van der Waals surface area (Å²) in [6.45, 7) is 5.36. The molecule has 1 rings (SSSR count). The van der Waals surface area contributed by atoms with E-state index in [1.54, 1.807) is 6.92 Å². The molecule has 5 heteroatoms. The van der Waals surface area contributed by atoms with Crippen LogP contribution in [0.4, 0.5) is 0 Å². The second kappa shape index (κ2) is 11.4. The smallest absolute Gasteiger partial charge is 0.234 e. The third-order valence-corrected chi connectivity index (χ3v) is 3.23. The van der Waals surface area contributed by atoms with Gasteiger partial charge < -0.3 is 15.8 Å². The summed E-state index contributed by atoms with van der Waals surface area (Å²) in [6.07, 6.45) is 4.84. The summed E-state index contributed by atoms with van der Waals surface area (Å²) in [6, 6.07) is 7.62. The van der Waals surface area contributed by atoms with Gasteiger partial charge in [-0.05, 0) is 31.0 Å². The molecule has 0 bridgehead atoms. The first-order valence-electron chi connectivity index (χ1n) is 7.38. The van der Waals surface area contributed by atoms with Crippen molar-refractivity contribution < 1.29 is 9.53 Å². The van der Waals surface area contributed by atoms with Gasteiger partial charge >= 0.3 is 0 Å². The van der Waals surface area contributed by atoms with Crippen molar-refractivity contribution in [3.8, 4) is 5.75 Å². The fourth-order valence-electron chi connectivity index (χ4n) is 1.79. The van der Waals surface area contributed by atoms with E-state index in [-0.39, 0.29) is 24.4 Å². The largest absolute Gasteiger partial charge is 0.494 e. The van der Waals surface area contributed by atoms with Crippen LogP contribution >= 0.6 is 12.4 Å². The van der Waals surface area contributed by atoms with Crippen LogP contribution in [-0.2, 0) is 11.3 Å². The predicted octanol–water partition coefficient (Wildman–Crippen LogP) is 3.03. The Morgan fingerprint density at radius 1 is 1.24 bits per heavy atom. The molecule has 0 aliphatic rings. The summed E-state index contributed by atoms with van der Waals surface area (Å²) in [5.74, 6) is 0.560. The highest BCUT2D eigenvalue weighted by atomic mass is 35.5. The number of ether oxygens (including phenoxy) is 1. The van der Waals surface area contributed by atoms with E-state index in [0.717, 1.165) is 24.3 Å². The van der Waals surface area contributed by atoms with Crippen LogP contribution in [0.2, 0.25) is 0 Å². The summed E-state index contributed by atoms with van der Waals surface area (Å²) in [5, 5.41) is 3.07. The number of hydrogen-bond donors (Lipinski definition) is 2. The van der Waals surface area contributed by atoms with Gasteiger partial charge in [0, 0.05) is 6.54 Å². The average Bonchev–Trinajstić information content (AvgIpc) is 2.45. The lowest BCUT2D eigenvalue weighted by Crippen LogP contribution is -2.38. The van der Waals surface area contributed by atoms with Gasteiger partial charge in [-0.15, -0.1) is 12.4 Å². The zero-order valence-corrected chi connectivity index (χ0v) is 13.7. The molecule has 1 atom stereocenters. The number of carbonyl (C=O) groups excluding carboxylic acids is 1. The fraction of sp³-hybridized carbons (Fsp3) is 0.562. The molecule has 3 N–H and O–H groups in total. The van der Waals surface area contributed by atoms with Gasteiger partial charge in [0.25, 0.3) is 0 Å². The lowest BCUT2D eigenvalue weighted by atomic mass is 10.2. The number of halogens is 1. The van der Waals surface area contributed by atoms with Gasteiger partial charge in [-0.1, -0.05) is 38.3 Å².